The topological polar surface area (TPSA) is 79.7 Å². The molecule has 3 N–H and O–H groups in total. The van der Waals surface area contributed by atoms with Crippen molar-refractivity contribution in [3.8, 4) is 17.2 Å². The van der Waals surface area contributed by atoms with Crippen LogP contribution in [0.4, 0.5) is 10.5 Å². The molecule has 25 heavy (non-hydrogen) atoms. The molecule has 7 heteroatoms. The van der Waals surface area contributed by atoms with E-state index in [0.717, 1.165) is 28.4 Å². The van der Waals surface area contributed by atoms with Gasteiger partial charge in [0.1, 0.15) is 0 Å². The van der Waals surface area contributed by atoms with Crippen molar-refractivity contribution in [3.63, 3.8) is 0 Å². The summed E-state index contributed by atoms with van der Waals surface area (Å²) in [6.45, 7) is 0.496. The number of urea groups is 1. The fraction of sp³-hybridized carbons (Fsp3) is 0.111. The van der Waals surface area contributed by atoms with E-state index in [2.05, 4.69) is 37.4 Å². The Bertz CT molecular complexity index is 1160. The summed E-state index contributed by atoms with van der Waals surface area (Å²) in [5.41, 5.74) is 6.23. The Morgan fingerprint density at radius 2 is 2.08 bits per heavy atom. The van der Waals surface area contributed by atoms with Crippen molar-refractivity contribution in [1.82, 2.24) is 24.6 Å². The summed E-state index contributed by atoms with van der Waals surface area (Å²) in [6, 6.07) is 13.9. The van der Waals surface area contributed by atoms with Crippen molar-refractivity contribution >= 4 is 22.8 Å². The summed E-state index contributed by atoms with van der Waals surface area (Å²) in [6.07, 6.45) is 1.91. The van der Waals surface area contributed by atoms with Gasteiger partial charge in [0.2, 0.25) is 5.95 Å². The third-order valence-electron chi connectivity index (χ3n) is 5.07. The Labute approximate surface area is 142 Å². The largest absolute Gasteiger partial charge is 0.335 e. The van der Waals surface area contributed by atoms with E-state index < -0.39 is 0 Å². The van der Waals surface area contributed by atoms with E-state index in [4.69, 9.17) is 0 Å². The minimum atomic E-state index is -0.201. The molecule has 4 heterocycles. The number of nitrogens with zero attached hydrogens (tertiary/aromatic N) is 3. The van der Waals surface area contributed by atoms with Gasteiger partial charge in [-0.05, 0) is 23.8 Å². The van der Waals surface area contributed by atoms with Crippen LogP contribution in [0.25, 0.3) is 28.2 Å². The number of H-pyrrole nitrogens is 1. The molecule has 0 aliphatic carbocycles. The van der Waals surface area contributed by atoms with Crippen LogP contribution in [0.1, 0.15) is 11.6 Å². The second-order valence-corrected chi connectivity index (χ2v) is 6.43. The highest BCUT2D eigenvalue weighted by Gasteiger charge is 2.33. The van der Waals surface area contributed by atoms with Crippen LogP contribution in [0.15, 0.2) is 48.7 Å². The minimum Gasteiger partial charge on any atom is -0.335 e. The first-order valence-electron chi connectivity index (χ1n) is 8.22. The van der Waals surface area contributed by atoms with Gasteiger partial charge in [0.05, 0.1) is 29.0 Å². The average Bonchev–Trinajstić information content (AvgIpc) is 3.14. The zero-order chi connectivity index (χ0) is 16.5. The number of carbonyl (C=O) groups is 1. The van der Waals surface area contributed by atoms with Gasteiger partial charge in [-0.2, -0.15) is 0 Å². The van der Waals surface area contributed by atoms with Crippen LogP contribution in [0.2, 0.25) is 0 Å². The van der Waals surface area contributed by atoms with E-state index in [0.29, 0.717) is 6.54 Å². The van der Waals surface area contributed by atoms with Crippen LogP contribution in [-0.2, 0) is 0 Å². The monoisotopic (exact) mass is 330 g/mol. The Morgan fingerprint density at radius 1 is 1.16 bits per heavy atom. The van der Waals surface area contributed by atoms with Crippen LogP contribution in [0.5, 0.6) is 0 Å². The number of carbonyl (C=O) groups excluding carboxylic acids is 1. The highest BCUT2D eigenvalue weighted by atomic mass is 16.2. The average molecular weight is 330 g/mol. The molecule has 0 spiro atoms. The summed E-state index contributed by atoms with van der Waals surface area (Å²) >= 11 is 0. The second kappa shape index (κ2) is 4.32. The number of fused-ring (bicyclic) bond motifs is 5. The maximum atomic E-state index is 12.3. The molecule has 0 fully saturated rings. The zero-order valence-corrected chi connectivity index (χ0v) is 13.2. The van der Waals surface area contributed by atoms with E-state index in [9.17, 15) is 4.79 Å². The molecular weight excluding hydrogens is 316 g/mol. The fourth-order valence-corrected chi connectivity index (χ4v) is 3.92. The normalized spacial score (nSPS) is 17.8. The third-order valence-corrected chi connectivity index (χ3v) is 5.07. The number of hydrogen-bond donors (Lipinski definition) is 3. The Balaban J connectivity index is 1.65. The van der Waals surface area contributed by atoms with Gasteiger partial charge in [-0.1, -0.05) is 24.3 Å². The van der Waals surface area contributed by atoms with Crippen molar-refractivity contribution in [2.45, 2.75) is 6.04 Å². The molecule has 0 saturated heterocycles. The number of benzene rings is 2. The van der Waals surface area contributed by atoms with Crippen LogP contribution in [0.3, 0.4) is 0 Å². The predicted molar refractivity (Wildman–Crippen MR) is 94.0 cm³/mol. The van der Waals surface area contributed by atoms with Gasteiger partial charge < -0.3 is 10.6 Å². The van der Waals surface area contributed by atoms with E-state index in [1.165, 1.54) is 11.1 Å². The molecule has 122 valence electrons. The maximum absolute atomic E-state index is 12.3. The van der Waals surface area contributed by atoms with E-state index in [1.54, 1.807) is 0 Å². The summed E-state index contributed by atoms with van der Waals surface area (Å²) in [7, 11) is 0. The van der Waals surface area contributed by atoms with Crippen molar-refractivity contribution < 1.29 is 4.79 Å². The third kappa shape index (κ3) is 1.59. The zero-order valence-electron chi connectivity index (χ0n) is 13.2. The first kappa shape index (κ1) is 12.9. The lowest BCUT2D eigenvalue weighted by Crippen LogP contribution is -2.33. The molecule has 2 bridgehead atoms. The van der Waals surface area contributed by atoms with Crippen molar-refractivity contribution in [3.05, 3.63) is 54.2 Å². The molecule has 0 saturated carbocycles. The molecule has 2 aromatic carbocycles. The van der Waals surface area contributed by atoms with Crippen LogP contribution >= 0.6 is 0 Å². The van der Waals surface area contributed by atoms with Gasteiger partial charge >= 0.3 is 6.03 Å². The van der Waals surface area contributed by atoms with Crippen LogP contribution in [0, 0.1) is 0 Å². The van der Waals surface area contributed by atoms with Crippen molar-refractivity contribution in [1.29, 1.82) is 0 Å². The van der Waals surface area contributed by atoms with Gasteiger partial charge in [0, 0.05) is 17.8 Å². The lowest BCUT2D eigenvalue weighted by molar-refractivity contribution is 0.251. The number of hydrogen-bond acceptors (Lipinski definition) is 2. The Kier molecular flexibility index (Phi) is 2.23. The standard InChI is InChI=1S/C18H14N6O/c25-17-19-8-15-11-3-1-2-4-12(11)16-9-20-18(23(15)16)24-14-7-10(21-17)5-6-13(14)22-24/h1-7,9,15,22H,8H2,(H2,19,21,25). The molecule has 2 aromatic heterocycles. The lowest BCUT2D eigenvalue weighted by atomic mass is 10.0. The molecule has 1 unspecified atom stereocenters. The first-order valence-corrected chi connectivity index (χ1v) is 8.22. The van der Waals surface area contributed by atoms with Gasteiger partial charge in [-0.3, -0.25) is 9.67 Å². The lowest BCUT2D eigenvalue weighted by Gasteiger charge is -2.20. The number of imidazole rings is 1. The number of anilines is 1. The van der Waals surface area contributed by atoms with Gasteiger partial charge in [0.15, 0.2) is 0 Å². The molecular formula is C18H14N6O. The highest BCUT2D eigenvalue weighted by molar-refractivity contribution is 5.93. The second-order valence-electron chi connectivity index (χ2n) is 6.43. The number of aromatic nitrogens is 4. The first-order chi connectivity index (χ1) is 12.3. The maximum Gasteiger partial charge on any atom is 0.319 e. The number of aromatic amines is 1. The van der Waals surface area contributed by atoms with Gasteiger partial charge in [-0.15, -0.1) is 0 Å². The minimum absolute atomic E-state index is 0.0109. The van der Waals surface area contributed by atoms with E-state index in [-0.39, 0.29) is 12.1 Å². The SMILES string of the molecule is O=C1NCC2c3ccccc3-c3cnc(n32)-n2[nH]c3ccc(cc32)N1. The summed E-state index contributed by atoms with van der Waals surface area (Å²) in [4.78, 5) is 16.9. The number of nitrogens with one attached hydrogen (secondary N) is 3. The number of rotatable bonds is 0. The summed E-state index contributed by atoms with van der Waals surface area (Å²) in [5.74, 6) is 0.831. The quantitative estimate of drug-likeness (QED) is 0.463. The van der Waals surface area contributed by atoms with Crippen molar-refractivity contribution in [2.24, 2.45) is 0 Å². The molecule has 1 atom stereocenters. The fourth-order valence-electron chi connectivity index (χ4n) is 3.92. The van der Waals surface area contributed by atoms with Gasteiger partial charge in [-0.25, -0.2) is 14.5 Å². The Morgan fingerprint density at radius 3 is 3.04 bits per heavy atom. The molecule has 7 nitrogen and oxygen atoms in total. The van der Waals surface area contributed by atoms with E-state index >= 15 is 0 Å². The van der Waals surface area contributed by atoms with Crippen molar-refractivity contribution in [2.75, 3.05) is 11.9 Å². The highest BCUT2D eigenvalue weighted by Crippen LogP contribution is 2.41. The molecule has 6 rings (SSSR count). The number of amides is 2. The molecule has 0 radical (unpaired) electrons. The van der Waals surface area contributed by atoms with Crippen LogP contribution in [-0.4, -0.2) is 31.9 Å². The molecule has 2 amide bonds. The Hall–Kier alpha value is -3.48. The van der Waals surface area contributed by atoms with E-state index in [1.807, 2.05) is 41.2 Å². The molecule has 2 aliphatic heterocycles. The summed E-state index contributed by atoms with van der Waals surface area (Å²) in [5, 5.41) is 9.21. The molecule has 2 aliphatic rings. The predicted octanol–water partition coefficient (Wildman–Crippen LogP) is 2.86. The van der Waals surface area contributed by atoms with Crippen LogP contribution < -0.4 is 10.6 Å². The van der Waals surface area contributed by atoms with Gasteiger partial charge in [0.25, 0.3) is 0 Å². The smallest absolute Gasteiger partial charge is 0.319 e. The molecule has 4 aromatic rings. The summed E-state index contributed by atoms with van der Waals surface area (Å²) < 4.78 is 4.16.